The van der Waals surface area contributed by atoms with E-state index < -0.39 is 13.2 Å². The third-order valence-corrected chi connectivity index (χ3v) is 13.2. The number of aromatic nitrogens is 1. The Bertz CT molecular complexity index is 1890. The highest BCUT2D eigenvalue weighted by Gasteiger charge is 2.45. The summed E-state index contributed by atoms with van der Waals surface area (Å²) in [7, 11) is -2.10. The van der Waals surface area contributed by atoms with Gasteiger partial charge in [0, 0.05) is 28.4 Å². The number of ether oxygens (including phenoxy) is 1. The Balaban J connectivity index is 1.14. The number of nitrogens with one attached hydrogen (secondary N) is 2. The van der Waals surface area contributed by atoms with Crippen LogP contribution in [0.1, 0.15) is 23.7 Å². The third kappa shape index (κ3) is 7.31. The molecular weight excluding hydrogens is 637 g/mol. The Morgan fingerprint density at radius 1 is 0.771 bits per heavy atom. The van der Waals surface area contributed by atoms with E-state index >= 15 is 0 Å². The highest BCUT2D eigenvalue weighted by molar-refractivity contribution is 7.95. The fraction of sp³-hybridized carbons (Fsp3) is 0.103. The molecule has 5 aromatic carbocycles. The molecule has 6 rings (SSSR count). The average Bonchev–Trinajstić information content (AvgIpc) is 3.59. The van der Waals surface area contributed by atoms with Gasteiger partial charge in [0.25, 0.3) is 0 Å². The lowest BCUT2D eigenvalue weighted by Crippen LogP contribution is -2.34. The molecule has 48 heavy (non-hydrogen) atoms. The second kappa shape index (κ2) is 15.1. The number of phenolic OH excluding ortho intramolecular Hbond substituents is 1. The maximum Gasteiger partial charge on any atom is 0.341 e. The number of amides is 1. The average molecular weight is 673 g/mol. The van der Waals surface area contributed by atoms with E-state index in [0.717, 1.165) is 16.9 Å². The van der Waals surface area contributed by atoms with Crippen LogP contribution in [0, 0.1) is 0 Å². The maximum atomic E-state index is 13.4. The summed E-state index contributed by atoms with van der Waals surface area (Å²) in [4.78, 5) is 30.1. The van der Waals surface area contributed by atoms with Crippen molar-refractivity contribution < 1.29 is 19.4 Å². The fourth-order valence-electron chi connectivity index (χ4n) is 5.68. The number of hydrogen-bond acceptors (Lipinski definition) is 7. The van der Waals surface area contributed by atoms with E-state index in [0.29, 0.717) is 23.4 Å². The second-order valence-corrected chi connectivity index (χ2v) is 15.5. The number of anilines is 3. The molecular formula is C39H35N3O4PS+. The minimum Gasteiger partial charge on any atom is -0.507 e. The van der Waals surface area contributed by atoms with Crippen molar-refractivity contribution in [1.29, 1.82) is 0 Å². The lowest BCUT2D eigenvalue weighted by atomic mass is 10.1. The van der Waals surface area contributed by atoms with Crippen LogP contribution in [0.2, 0.25) is 0 Å². The number of hydrogen-bond donors (Lipinski definition) is 3. The quantitative estimate of drug-likeness (QED) is 0.0908. The number of thiazole rings is 1. The van der Waals surface area contributed by atoms with Gasteiger partial charge in [-0.3, -0.25) is 4.79 Å². The Hall–Kier alpha value is -5.30. The van der Waals surface area contributed by atoms with E-state index in [9.17, 15) is 14.7 Å². The molecule has 0 aliphatic carbocycles. The lowest BCUT2D eigenvalue weighted by Gasteiger charge is -2.27. The highest BCUT2D eigenvalue weighted by atomic mass is 32.1. The zero-order valence-electron chi connectivity index (χ0n) is 26.4. The number of aromatic hydroxyl groups is 1. The van der Waals surface area contributed by atoms with Crippen molar-refractivity contribution >= 4 is 62.9 Å². The predicted octanol–water partition coefficient (Wildman–Crippen LogP) is 7.76. The summed E-state index contributed by atoms with van der Waals surface area (Å²) in [6, 6.07) is 44.0. The first-order chi connectivity index (χ1) is 23.5. The predicted molar refractivity (Wildman–Crippen MR) is 198 cm³/mol. The Labute approximate surface area is 284 Å². The Morgan fingerprint density at radius 2 is 1.33 bits per heavy atom. The summed E-state index contributed by atoms with van der Waals surface area (Å²) in [5.74, 6) is -0.771. The van der Waals surface area contributed by atoms with Crippen molar-refractivity contribution in [3.8, 4) is 17.0 Å². The largest absolute Gasteiger partial charge is 0.507 e. The monoisotopic (exact) mass is 672 g/mol. The molecule has 7 nitrogen and oxygen atoms in total. The number of nitrogens with zero attached hydrogens (tertiary/aromatic N) is 1. The van der Waals surface area contributed by atoms with Gasteiger partial charge < -0.3 is 20.5 Å². The van der Waals surface area contributed by atoms with Gasteiger partial charge in [0.1, 0.15) is 34.5 Å². The van der Waals surface area contributed by atoms with Crippen LogP contribution in [0.4, 0.5) is 16.5 Å². The van der Waals surface area contributed by atoms with Crippen LogP contribution in [0.5, 0.6) is 5.75 Å². The first-order valence-corrected chi connectivity index (χ1v) is 18.5. The van der Waals surface area contributed by atoms with Crippen LogP contribution in [-0.4, -0.2) is 34.7 Å². The molecule has 240 valence electrons. The first-order valence-electron chi connectivity index (χ1n) is 15.6. The van der Waals surface area contributed by atoms with Crippen molar-refractivity contribution in [2.75, 3.05) is 23.4 Å². The van der Waals surface area contributed by atoms with Crippen molar-refractivity contribution in [2.45, 2.75) is 13.3 Å². The Morgan fingerprint density at radius 3 is 1.88 bits per heavy atom. The molecule has 6 aromatic rings. The third-order valence-electron chi connectivity index (χ3n) is 7.98. The van der Waals surface area contributed by atoms with Gasteiger partial charge in [-0.1, -0.05) is 66.7 Å². The lowest BCUT2D eigenvalue weighted by molar-refractivity contribution is -0.115. The summed E-state index contributed by atoms with van der Waals surface area (Å²) < 4.78 is 4.97. The van der Waals surface area contributed by atoms with Crippen molar-refractivity contribution in [3.05, 3.63) is 144 Å². The number of carbonyl (C=O) groups excluding carboxylic acids is 2. The first kappa shape index (κ1) is 32.6. The standard InChI is InChI=1S/C39H34N3O4PS/c1-2-46-38(45)34-23-22-30(26-36(34)43)41-39-42-35(27-48-39)28-18-20-29(21-19-28)40-37(44)24-25-47(31-12-6-3-7-13-31,32-14-8-4-9-15-32)33-16-10-5-11-17-33/h3-23,26-27H,2,24-25H2,1H3,(H2-,40,41,42,43,44,45)/p+1. The van der Waals surface area contributed by atoms with Crippen molar-refractivity contribution in [1.82, 2.24) is 4.98 Å². The van der Waals surface area contributed by atoms with Gasteiger partial charge in [-0.25, -0.2) is 9.78 Å². The topological polar surface area (TPSA) is 101 Å². The maximum absolute atomic E-state index is 13.4. The molecule has 1 aromatic heterocycles. The van der Waals surface area contributed by atoms with Crippen LogP contribution >= 0.6 is 18.6 Å². The Kier molecular flexibility index (Phi) is 10.2. The summed E-state index contributed by atoms with van der Waals surface area (Å²) in [5.41, 5.74) is 3.10. The van der Waals surface area contributed by atoms with Crippen LogP contribution in [0.3, 0.4) is 0 Å². The molecule has 0 bridgehead atoms. The summed E-state index contributed by atoms with van der Waals surface area (Å²) in [6.45, 7) is 1.94. The van der Waals surface area contributed by atoms with E-state index in [1.165, 1.54) is 39.4 Å². The van der Waals surface area contributed by atoms with E-state index in [4.69, 9.17) is 4.74 Å². The van der Waals surface area contributed by atoms with Gasteiger partial charge in [0.15, 0.2) is 5.13 Å². The highest BCUT2D eigenvalue weighted by Crippen LogP contribution is 2.55. The van der Waals surface area contributed by atoms with Gasteiger partial charge in [0.2, 0.25) is 5.91 Å². The number of carbonyl (C=O) groups is 2. The molecule has 1 amide bonds. The normalized spacial score (nSPS) is 11.1. The number of esters is 1. The fourth-order valence-corrected chi connectivity index (χ4v) is 10.7. The molecule has 0 aliphatic heterocycles. The number of benzene rings is 5. The second-order valence-electron chi connectivity index (χ2n) is 11.0. The molecule has 0 saturated carbocycles. The minimum absolute atomic E-state index is 0.0349. The molecule has 0 radical (unpaired) electrons. The van der Waals surface area contributed by atoms with Crippen LogP contribution in [0.25, 0.3) is 11.3 Å². The van der Waals surface area contributed by atoms with Crippen LogP contribution in [-0.2, 0) is 9.53 Å². The van der Waals surface area contributed by atoms with Crippen molar-refractivity contribution in [2.24, 2.45) is 0 Å². The summed E-state index contributed by atoms with van der Waals surface area (Å²) >= 11 is 1.42. The zero-order valence-corrected chi connectivity index (χ0v) is 28.1. The molecule has 9 heteroatoms. The molecule has 1 heterocycles. The molecule has 0 unspecified atom stereocenters. The molecule has 0 spiro atoms. The van der Waals surface area contributed by atoms with E-state index in [1.807, 2.05) is 47.8 Å². The molecule has 0 atom stereocenters. The summed E-state index contributed by atoms with van der Waals surface area (Å²) in [5, 5.41) is 22.9. The van der Waals surface area contributed by atoms with Crippen LogP contribution < -0.4 is 26.5 Å². The van der Waals surface area contributed by atoms with Gasteiger partial charge in [0.05, 0.1) is 24.9 Å². The molecule has 3 N–H and O–H groups in total. The van der Waals surface area contributed by atoms with Gasteiger partial charge in [-0.15, -0.1) is 11.3 Å². The summed E-state index contributed by atoms with van der Waals surface area (Å²) in [6.07, 6.45) is 1.07. The van der Waals surface area contributed by atoms with Gasteiger partial charge >= 0.3 is 5.97 Å². The molecule has 0 aliphatic rings. The van der Waals surface area contributed by atoms with Crippen LogP contribution in [0.15, 0.2) is 139 Å². The number of phenols is 1. The molecule has 0 fully saturated rings. The smallest absolute Gasteiger partial charge is 0.341 e. The minimum atomic E-state index is -2.10. The van der Waals surface area contributed by atoms with Crippen molar-refractivity contribution in [3.63, 3.8) is 0 Å². The van der Waals surface area contributed by atoms with Gasteiger partial charge in [-0.05, 0) is 67.6 Å². The van der Waals surface area contributed by atoms with Gasteiger partial charge in [-0.2, -0.15) is 0 Å². The van der Waals surface area contributed by atoms with E-state index in [-0.39, 0.29) is 23.8 Å². The zero-order chi connectivity index (χ0) is 33.3. The SMILES string of the molecule is CCOC(=O)c1ccc(Nc2nc(-c3ccc(NC(=O)CC[P+](c4ccccc4)(c4ccccc4)c4ccccc4)cc3)cs2)cc1O. The number of rotatable bonds is 12. The van der Waals surface area contributed by atoms with E-state index in [2.05, 4.69) is 88.4 Å². The molecule has 0 saturated heterocycles. The van der Waals surface area contributed by atoms with E-state index in [1.54, 1.807) is 13.0 Å².